The van der Waals surface area contributed by atoms with Gasteiger partial charge in [0, 0.05) is 25.6 Å². The van der Waals surface area contributed by atoms with E-state index in [1.807, 2.05) is 0 Å². The predicted molar refractivity (Wildman–Crippen MR) is 78.3 cm³/mol. The van der Waals surface area contributed by atoms with E-state index in [9.17, 15) is 18.7 Å². The molecule has 0 aromatic heterocycles. The lowest BCUT2D eigenvalue weighted by Gasteiger charge is -2.28. The van der Waals surface area contributed by atoms with E-state index in [0.29, 0.717) is 18.5 Å². The highest BCUT2D eigenvalue weighted by Crippen LogP contribution is 2.49. The van der Waals surface area contributed by atoms with Crippen LogP contribution in [0.15, 0.2) is 18.2 Å². The molecule has 0 saturated heterocycles. The van der Waals surface area contributed by atoms with Crippen molar-refractivity contribution in [3.05, 3.63) is 35.4 Å². The Hall–Kier alpha value is -1.49. The lowest BCUT2D eigenvalue weighted by Crippen LogP contribution is -2.42. The van der Waals surface area contributed by atoms with Crippen LogP contribution in [0.2, 0.25) is 0 Å². The normalized spacial score (nSPS) is 26.0. The summed E-state index contributed by atoms with van der Waals surface area (Å²) in [6, 6.07) is 3.51. The maximum atomic E-state index is 13.8. The summed E-state index contributed by atoms with van der Waals surface area (Å²) in [4.78, 5) is 14.0. The van der Waals surface area contributed by atoms with E-state index in [1.54, 1.807) is 11.9 Å². The summed E-state index contributed by atoms with van der Waals surface area (Å²) in [7, 11) is 1.69. The third-order valence-electron chi connectivity index (χ3n) is 4.91. The number of hydrogen-bond donors (Lipinski definition) is 1. The van der Waals surface area contributed by atoms with Crippen molar-refractivity contribution in [2.24, 2.45) is 5.92 Å². The van der Waals surface area contributed by atoms with Crippen LogP contribution in [0.3, 0.4) is 0 Å². The lowest BCUT2D eigenvalue weighted by molar-refractivity contribution is -0.134. The van der Waals surface area contributed by atoms with Crippen molar-refractivity contribution in [3.8, 4) is 0 Å². The zero-order valence-electron chi connectivity index (χ0n) is 12.7. The van der Waals surface area contributed by atoms with Crippen LogP contribution < -0.4 is 0 Å². The van der Waals surface area contributed by atoms with Gasteiger partial charge in [-0.2, -0.15) is 0 Å². The van der Waals surface area contributed by atoms with Crippen molar-refractivity contribution in [2.45, 2.75) is 43.6 Å². The number of benzene rings is 1. The standard InChI is InChI=1S/C17H21F2NO2/c1-20(10-17(22)6-2-3-7-17)16(21)14-9-13(14)12-5-4-11(18)8-15(12)19/h4-5,8,13-14,22H,2-3,6-7,9-10H2,1H3. The molecule has 1 N–H and O–H groups in total. The minimum absolute atomic E-state index is 0.0611. The molecule has 0 aliphatic heterocycles. The first-order valence-corrected chi connectivity index (χ1v) is 7.82. The summed E-state index contributed by atoms with van der Waals surface area (Å²) in [6.07, 6.45) is 4.03. The molecule has 1 amide bonds. The molecule has 1 aromatic carbocycles. The molecule has 3 rings (SSSR count). The SMILES string of the molecule is CN(CC1(O)CCCC1)C(=O)C1CC1c1ccc(F)cc1F. The van der Waals surface area contributed by atoms with E-state index in [1.165, 1.54) is 12.1 Å². The van der Waals surface area contributed by atoms with Crippen molar-refractivity contribution < 1.29 is 18.7 Å². The zero-order chi connectivity index (χ0) is 15.9. The van der Waals surface area contributed by atoms with Gasteiger partial charge in [-0.15, -0.1) is 0 Å². The van der Waals surface area contributed by atoms with Gasteiger partial charge in [-0.1, -0.05) is 18.9 Å². The molecule has 2 aliphatic carbocycles. The predicted octanol–water partition coefficient (Wildman–Crippen LogP) is 2.83. The number of likely N-dealkylation sites (N-methyl/N-ethyl adjacent to an activating group) is 1. The van der Waals surface area contributed by atoms with E-state index in [4.69, 9.17) is 0 Å². The monoisotopic (exact) mass is 309 g/mol. The van der Waals surface area contributed by atoms with Gasteiger partial charge >= 0.3 is 0 Å². The second-order valence-corrected chi connectivity index (χ2v) is 6.74. The van der Waals surface area contributed by atoms with Gasteiger partial charge in [0.2, 0.25) is 5.91 Å². The van der Waals surface area contributed by atoms with Crippen LogP contribution in [0, 0.1) is 17.6 Å². The molecule has 3 nitrogen and oxygen atoms in total. The molecule has 2 aliphatic rings. The van der Waals surface area contributed by atoms with Crippen molar-refractivity contribution in [1.29, 1.82) is 0 Å². The van der Waals surface area contributed by atoms with Gasteiger partial charge in [-0.05, 0) is 36.8 Å². The second-order valence-electron chi connectivity index (χ2n) is 6.74. The number of hydrogen-bond acceptors (Lipinski definition) is 2. The van der Waals surface area contributed by atoms with E-state index in [-0.39, 0.29) is 17.7 Å². The fraction of sp³-hybridized carbons (Fsp3) is 0.588. The lowest BCUT2D eigenvalue weighted by atomic mass is 10.0. The Labute approximate surface area is 128 Å². The number of amides is 1. The molecule has 0 bridgehead atoms. The number of carbonyl (C=O) groups is 1. The van der Waals surface area contributed by atoms with Gasteiger partial charge in [-0.25, -0.2) is 8.78 Å². The first-order valence-electron chi connectivity index (χ1n) is 7.82. The molecule has 120 valence electrons. The van der Waals surface area contributed by atoms with Crippen LogP contribution in [-0.2, 0) is 4.79 Å². The number of rotatable bonds is 4. The average Bonchev–Trinajstić information content (AvgIpc) is 3.12. The first-order chi connectivity index (χ1) is 10.4. The molecule has 0 spiro atoms. The fourth-order valence-corrected chi connectivity index (χ4v) is 3.61. The van der Waals surface area contributed by atoms with E-state index in [0.717, 1.165) is 31.7 Å². The molecule has 5 heteroatoms. The molecule has 2 unspecified atom stereocenters. The molecule has 2 fully saturated rings. The van der Waals surface area contributed by atoms with Crippen LogP contribution in [0.4, 0.5) is 8.78 Å². The minimum Gasteiger partial charge on any atom is -0.388 e. The second kappa shape index (κ2) is 5.61. The van der Waals surface area contributed by atoms with Crippen molar-refractivity contribution >= 4 is 5.91 Å². The van der Waals surface area contributed by atoms with Crippen molar-refractivity contribution in [3.63, 3.8) is 0 Å². The van der Waals surface area contributed by atoms with Crippen molar-refractivity contribution in [1.82, 2.24) is 4.90 Å². The highest BCUT2D eigenvalue weighted by Gasteiger charge is 2.47. The van der Waals surface area contributed by atoms with Gasteiger partial charge in [0.25, 0.3) is 0 Å². The van der Waals surface area contributed by atoms with Gasteiger partial charge in [0.1, 0.15) is 11.6 Å². The summed E-state index contributed by atoms with van der Waals surface area (Å²) < 4.78 is 26.7. The van der Waals surface area contributed by atoms with Crippen LogP contribution in [0.5, 0.6) is 0 Å². The maximum Gasteiger partial charge on any atom is 0.226 e. The number of carbonyl (C=O) groups excluding carboxylic acids is 1. The highest BCUT2D eigenvalue weighted by molar-refractivity contribution is 5.83. The average molecular weight is 309 g/mol. The third kappa shape index (κ3) is 3.00. The quantitative estimate of drug-likeness (QED) is 0.929. The smallest absolute Gasteiger partial charge is 0.226 e. The molecule has 0 radical (unpaired) electrons. The van der Waals surface area contributed by atoms with Gasteiger partial charge in [-0.3, -0.25) is 4.79 Å². The Morgan fingerprint density at radius 3 is 2.68 bits per heavy atom. The molecular weight excluding hydrogens is 288 g/mol. The largest absolute Gasteiger partial charge is 0.388 e. The van der Waals surface area contributed by atoms with E-state index in [2.05, 4.69) is 0 Å². The maximum absolute atomic E-state index is 13.8. The molecular formula is C17H21F2NO2. The Morgan fingerprint density at radius 2 is 2.05 bits per heavy atom. The third-order valence-corrected chi connectivity index (χ3v) is 4.91. The summed E-state index contributed by atoms with van der Waals surface area (Å²) in [5.41, 5.74) is -0.358. The van der Waals surface area contributed by atoms with Crippen LogP contribution in [0.1, 0.15) is 43.6 Å². The number of halogens is 2. The van der Waals surface area contributed by atoms with Crippen LogP contribution in [0.25, 0.3) is 0 Å². The van der Waals surface area contributed by atoms with Crippen molar-refractivity contribution in [2.75, 3.05) is 13.6 Å². The highest BCUT2D eigenvalue weighted by atomic mass is 19.1. The molecule has 22 heavy (non-hydrogen) atoms. The summed E-state index contributed by atoms with van der Waals surface area (Å²) in [5.74, 6) is -1.68. The zero-order valence-corrected chi connectivity index (χ0v) is 12.7. The Bertz CT molecular complexity index is 584. The molecule has 2 atom stereocenters. The van der Waals surface area contributed by atoms with Gasteiger partial charge in [0.15, 0.2) is 0 Å². The molecule has 0 heterocycles. The summed E-state index contributed by atoms with van der Waals surface area (Å²) in [6.45, 7) is 0.334. The summed E-state index contributed by atoms with van der Waals surface area (Å²) in [5, 5.41) is 10.4. The molecule has 2 saturated carbocycles. The van der Waals surface area contributed by atoms with Crippen LogP contribution in [-0.4, -0.2) is 35.1 Å². The van der Waals surface area contributed by atoms with E-state index < -0.39 is 17.2 Å². The van der Waals surface area contributed by atoms with Gasteiger partial charge in [0.05, 0.1) is 5.60 Å². The topological polar surface area (TPSA) is 40.5 Å². The fourth-order valence-electron chi connectivity index (χ4n) is 3.61. The Morgan fingerprint density at radius 1 is 1.36 bits per heavy atom. The Balaban J connectivity index is 1.62. The van der Waals surface area contributed by atoms with E-state index >= 15 is 0 Å². The number of nitrogens with zero attached hydrogens (tertiary/aromatic N) is 1. The molecule has 1 aromatic rings. The van der Waals surface area contributed by atoms with Gasteiger partial charge < -0.3 is 10.0 Å². The summed E-state index contributed by atoms with van der Waals surface area (Å²) >= 11 is 0. The van der Waals surface area contributed by atoms with Crippen LogP contribution >= 0.6 is 0 Å². The Kier molecular flexibility index (Phi) is 3.93. The first kappa shape index (κ1) is 15.4. The number of aliphatic hydroxyl groups is 1. The minimum atomic E-state index is -0.768.